The van der Waals surface area contributed by atoms with Gasteiger partial charge in [-0.2, -0.15) is 15.2 Å². The number of aromatic hydroxyl groups is 1. The lowest BCUT2D eigenvalue weighted by molar-refractivity contribution is 0.0133. The number of benzene rings is 2. The molecule has 4 heterocycles. The molecule has 8 nitrogen and oxygen atoms in total. The molecule has 1 aliphatic carbocycles. The second-order valence-corrected chi connectivity index (χ2v) is 14.0. The number of anilines is 1. The largest absolute Gasteiger partial charge is 0.508 e. The fourth-order valence-electron chi connectivity index (χ4n) is 8.48. The van der Waals surface area contributed by atoms with Crippen LogP contribution >= 0.6 is 0 Å². The molecular weight excluding hydrogens is 598 g/mol. The molecule has 2 aromatic carbocycles. The van der Waals surface area contributed by atoms with Gasteiger partial charge in [-0.25, -0.2) is 8.78 Å². The minimum atomic E-state index is -0.749. The first-order chi connectivity index (χ1) is 22.6. The van der Waals surface area contributed by atoms with Crippen molar-refractivity contribution < 1.29 is 18.6 Å². The van der Waals surface area contributed by atoms with E-state index in [1.54, 1.807) is 0 Å². The van der Waals surface area contributed by atoms with Crippen LogP contribution in [0.4, 0.5) is 14.6 Å². The lowest BCUT2D eigenvalue weighted by atomic mass is 9.76. The maximum atomic E-state index is 16.9. The summed E-state index contributed by atoms with van der Waals surface area (Å²) >= 11 is 0. The highest BCUT2D eigenvalue weighted by Gasteiger charge is 2.47. The van der Waals surface area contributed by atoms with Crippen LogP contribution in [0.2, 0.25) is 0 Å². The van der Waals surface area contributed by atoms with Crippen molar-refractivity contribution in [2.24, 2.45) is 10.8 Å². The third-order valence-electron chi connectivity index (χ3n) is 10.7. The number of terminal acetylenes is 1. The molecule has 0 spiro atoms. The number of pyridine rings is 1. The van der Waals surface area contributed by atoms with E-state index in [-0.39, 0.29) is 50.3 Å². The predicted molar refractivity (Wildman–Crippen MR) is 177 cm³/mol. The van der Waals surface area contributed by atoms with E-state index < -0.39 is 11.6 Å². The monoisotopic (exact) mass is 636 g/mol. The third-order valence-corrected chi connectivity index (χ3v) is 10.7. The third kappa shape index (κ3) is 5.39. The number of hydrogen-bond acceptors (Lipinski definition) is 8. The van der Waals surface area contributed by atoms with E-state index in [1.807, 2.05) is 0 Å². The first kappa shape index (κ1) is 31.1. The molecule has 2 aromatic heterocycles. The molecule has 3 atom stereocenters. The molecule has 10 heteroatoms. The first-order valence-corrected chi connectivity index (χ1v) is 16.4. The van der Waals surface area contributed by atoms with Gasteiger partial charge in [0.1, 0.15) is 28.6 Å². The Labute approximate surface area is 273 Å². The highest BCUT2D eigenvalue weighted by Crippen LogP contribution is 2.48. The van der Waals surface area contributed by atoms with Crippen molar-refractivity contribution in [2.75, 3.05) is 38.2 Å². The molecular formula is C37H38F2N6O2. The van der Waals surface area contributed by atoms with Crippen molar-refractivity contribution in [1.82, 2.24) is 19.9 Å². The SMILES string of the molecule is C#Cc1c(F)ccc2cc(O)cc(-c3ncc4c(N5CCCC(C)(CC#N)C5)nc(OC[C@]56CCC[C@H]5N(C)CCC6)nc4c3F)c12. The van der Waals surface area contributed by atoms with Gasteiger partial charge in [0.25, 0.3) is 0 Å². The number of nitriles is 1. The van der Waals surface area contributed by atoms with Gasteiger partial charge in [-0.15, -0.1) is 6.42 Å². The summed E-state index contributed by atoms with van der Waals surface area (Å²) in [4.78, 5) is 18.6. The molecule has 2 aliphatic heterocycles. The first-order valence-electron chi connectivity index (χ1n) is 16.4. The molecule has 0 bridgehead atoms. The molecule has 3 aliphatic rings. The van der Waals surface area contributed by atoms with E-state index in [0.29, 0.717) is 48.7 Å². The van der Waals surface area contributed by atoms with Gasteiger partial charge in [-0.05, 0) is 81.1 Å². The van der Waals surface area contributed by atoms with Gasteiger partial charge in [-0.3, -0.25) is 4.98 Å². The Hall–Kier alpha value is -4.54. The molecule has 3 fully saturated rings. The summed E-state index contributed by atoms with van der Waals surface area (Å²) < 4.78 is 38.2. The number of likely N-dealkylation sites (tertiary alicyclic amines) is 1. The molecule has 1 unspecified atom stereocenters. The molecule has 7 rings (SSSR count). The maximum absolute atomic E-state index is 16.9. The zero-order valence-corrected chi connectivity index (χ0v) is 26.8. The number of hydrogen-bond donors (Lipinski definition) is 1. The fourth-order valence-corrected chi connectivity index (χ4v) is 8.48. The van der Waals surface area contributed by atoms with E-state index >= 15 is 4.39 Å². The Balaban J connectivity index is 1.38. The molecule has 0 radical (unpaired) electrons. The van der Waals surface area contributed by atoms with Crippen molar-refractivity contribution in [1.29, 1.82) is 5.26 Å². The van der Waals surface area contributed by atoms with Crippen LogP contribution in [0.15, 0.2) is 30.5 Å². The van der Waals surface area contributed by atoms with E-state index in [0.717, 1.165) is 51.5 Å². The van der Waals surface area contributed by atoms with Crippen LogP contribution in [0, 0.1) is 46.1 Å². The van der Waals surface area contributed by atoms with Gasteiger partial charge in [-0.1, -0.05) is 25.3 Å². The van der Waals surface area contributed by atoms with Gasteiger partial charge < -0.3 is 19.6 Å². The van der Waals surface area contributed by atoms with Gasteiger partial charge in [0.05, 0.1) is 23.6 Å². The van der Waals surface area contributed by atoms with Crippen molar-refractivity contribution in [2.45, 2.75) is 64.3 Å². The zero-order chi connectivity index (χ0) is 32.9. The highest BCUT2D eigenvalue weighted by molar-refractivity contribution is 6.03. The van der Waals surface area contributed by atoms with Crippen LogP contribution in [-0.4, -0.2) is 64.3 Å². The lowest BCUT2D eigenvalue weighted by Gasteiger charge is -2.44. The lowest BCUT2D eigenvalue weighted by Crippen LogP contribution is -2.50. The van der Waals surface area contributed by atoms with Crippen LogP contribution in [0.25, 0.3) is 32.9 Å². The summed E-state index contributed by atoms with van der Waals surface area (Å²) in [5.74, 6) is 1.38. The Morgan fingerprint density at radius 2 is 1.94 bits per heavy atom. The Morgan fingerprint density at radius 3 is 2.74 bits per heavy atom. The second-order valence-electron chi connectivity index (χ2n) is 14.0. The molecule has 47 heavy (non-hydrogen) atoms. The van der Waals surface area contributed by atoms with E-state index in [4.69, 9.17) is 16.1 Å². The number of fused-ring (bicyclic) bond motifs is 3. The van der Waals surface area contributed by atoms with Crippen molar-refractivity contribution >= 4 is 27.5 Å². The Kier molecular flexibility index (Phi) is 7.88. The highest BCUT2D eigenvalue weighted by atomic mass is 19.1. The minimum absolute atomic E-state index is 0.0129. The number of ether oxygens (including phenoxy) is 1. The number of rotatable bonds is 6. The van der Waals surface area contributed by atoms with Gasteiger partial charge in [0.2, 0.25) is 0 Å². The number of aromatic nitrogens is 3. The summed E-state index contributed by atoms with van der Waals surface area (Å²) in [7, 11) is 2.18. The quantitative estimate of drug-likeness (QED) is 0.227. The predicted octanol–water partition coefficient (Wildman–Crippen LogP) is 6.97. The number of nitrogens with zero attached hydrogens (tertiary/aromatic N) is 6. The van der Waals surface area contributed by atoms with E-state index in [1.165, 1.54) is 30.5 Å². The summed E-state index contributed by atoms with van der Waals surface area (Å²) in [6.07, 6.45) is 14.8. The molecule has 4 aromatic rings. The van der Waals surface area contributed by atoms with Crippen molar-refractivity contribution in [3.63, 3.8) is 0 Å². The van der Waals surface area contributed by atoms with Crippen molar-refractivity contribution in [3.05, 3.63) is 47.7 Å². The van der Waals surface area contributed by atoms with Gasteiger partial charge >= 0.3 is 6.01 Å². The average molecular weight is 637 g/mol. The summed E-state index contributed by atoms with van der Waals surface area (Å²) in [6.45, 7) is 4.83. The van der Waals surface area contributed by atoms with Crippen LogP contribution in [-0.2, 0) is 0 Å². The number of piperidine rings is 2. The molecule has 0 amide bonds. The zero-order valence-electron chi connectivity index (χ0n) is 26.8. The topological polar surface area (TPSA) is 98.4 Å². The molecule has 242 valence electrons. The summed E-state index contributed by atoms with van der Waals surface area (Å²) in [5.41, 5.74) is -0.256. The maximum Gasteiger partial charge on any atom is 0.319 e. The van der Waals surface area contributed by atoms with Crippen LogP contribution in [0.1, 0.15) is 63.9 Å². The van der Waals surface area contributed by atoms with Crippen LogP contribution < -0.4 is 9.64 Å². The van der Waals surface area contributed by atoms with Crippen LogP contribution in [0.5, 0.6) is 11.8 Å². The minimum Gasteiger partial charge on any atom is -0.508 e. The van der Waals surface area contributed by atoms with Gasteiger partial charge in [0.15, 0.2) is 5.82 Å². The average Bonchev–Trinajstić information content (AvgIpc) is 3.49. The molecule has 1 N–H and O–H groups in total. The van der Waals surface area contributed by atoms with E-state index in [9.17, 15) is 14.8 Å². The molecule has 2 saturated heterocycles. The Morgan fingerprint density at radius 1 is 1.13 bits per heavy atom. The summed E-state index contributed by atoms with van der Waals surface area (Å²) in [6, 6.07) is 8.35. The van der Waals surface area contributed by atoms with Crippen LogP contribution in [0.3, 0.4) is 0 Å². The fraction of sp³-hybridized carbons (Fsp3) is 0.459. The van der Waals surface area contributed by atoms with E-state index in [2.05, 4.69) is 45.7 Å². The van der Waals surface area contributed by atoms with Gasteiger partial charge in [0, 0.05) is 48.1 Å². The number of halogens is 2. The normalized spacial score (nSPS) is 24.6. The molecule has 1 saturated carbocycles. The second kappa shape index (κ2) is 11.9. The number of phenolic OH excluding ortho intramolecular Hbond substituents is 1. The van der Waals surface area contributed by atoms with Crippen molar-refractivity contribution in [3.8, 4) is 41.4 Å². The Bertz CT molecular complexity index is 1970. The smallest absolute Gasteiger partial charge is 0.319 e. The standard InChI is InChI=1S/C37H38F2N6O2/c1-4-25-28(38)10-9-23-18-24(46)19-26(30(23)25)32-31(39)33-27(20-41-32)34(45-17-6-11-36(2,21-45)14-15-40)43-35(42-33)47-22-37-12-5-8-29(37)44(3)16-7-13-37/h1,9-10,18-20,29,46H,5-8,11-14,16-17,21-22H2,2-3H3/t29-,36?,37-/m1/s1. The number of phenols is 1. The summed E-state index contributed by atoms with van der Waals surface area (Å²) in [5, 5.41) is 21.2.